The summed E-state index contributed by atoms with van der Waals surface area (Å²) in [6, 6.07) is 13.3. The second-order valence-corrected chi connectivity index (χ2v) is 6.09. The van der Waals surface area contributed by atoms with Crippen molar-refractivity contribution in [2.24, 2.45) is 0 Å². The molecule has 1 aliphatic heterocycles. The van der Waals surface area contributed by atoms with Crippen LogP contribution in [0.15, 0.2) is 53.3 Å². The Morgan fingerprint density at radius 1 is 1.08 bits per heavy atom. The summed E-state index contributed by atoms with van der Waals surface area (Å²) in [6.45, 7) is -0.0651. The van der Waals surface area contributed by atoms with Gasteiger partial charge >= 0.3 is 6.03 Å². The van der Waals surface area contributed by atoms with Crippen molar-refractivity contribution in [2.45, 2.75) is 12.1 Å². The summed E-state index contributed by atoms with van der Waals surface area (Å²) in [5, 5.41) is 8.36. The highest BCUT2D eigenvalue weighted by molar-refractivity contribution is 6.07. The molecule has 1 atom stereocenters. The highest BCUT2D eigenvalue weighted by atomic mass is 16.5. The molecule has 0 saturated carbocycles. The first-order valence-corrected chi connectivity index (χ1v) is 7.99. The molecule has 1 fully saturated rings. The number of ether oxygens (including phenoxy) is 1. The average molecular weight is 352 g/mol. The third-order valence-electron chi connectivity index (χ3n) is 4.56. The van der Waals surface area contributed by atoms with Crippen LogP contribution in [0.25, 0.3) is 10.9 Å². The maximum Gasteiger partial charge on any atom is 0.322 e. The third-order valence-corrected chi connectivity index (χ3v) is 4.56. The van der Waals surface area contributed by atoms with E-state index in [2.05, 4.69) is 15.7 Å². The van der Waals surface area contributed by atoms with E-state index in [-0.39, 0.29) is 12.1 Å². The van der Waals surface area contributed by atoms with Gasteiger partial charge in [0.05, 0.1) is 24.6 Å². The van der Waals surface area contributed by atoms with E-state index in [0.717, 1.165) is 0 Å². The minimum atomic E-state index is -1.37. The number of fused-ring (bicyclic) bond motifs is 1. The van der Waals surface area contributed by atoms with Crippen LogP contribution < -0.4 is 20.9 Å². The number of nitrogens with zero attached hydrogens (tertiary/aromatic N) is 1. The Kier molecular flexibility index (Phi) is 3.54. The number of nitrogens with one attached hydrogen (secondary N) is 3. The molecule has 0 unspecified atom stereocenters. The van der Waals surface area contributed by atoms with Gasteiger partial charge in [0.25, 0.3) is 11.5 Å². The number of benzene rings is 2. The molecule has 0 aliphatic carbocycles. The lowest BCUT2D eigenvalue weighted by Gasteiger charge is -2.26. The van der Waals surface area contributed by atoms with Crippen LogP contribution in [0.4, 0.5) is 4.79 Å². The van der Waals surface area contributed by atoms with Crippen LogP contribution in [0.5, 0.6) is 5.75 Å². The van der Waals surface area contributed by atoms with E-state index in [1.807, 2.05) is 6.07 Å². The van der Waals surface area contributed by atoms with Crippen molar-refractivity contribution in [1.82, 2.24) is 20.4 Å². The van der Waals surface area contributed by atoms with E-state index in [9.17, 15) is 14.4 Å². The number of methoxy groups -OCH3 is 1. The van der Waals surface area contributed by atoms with Crippen LogP contribution in [0, 0.1) is 0 Å². The molecule has 0 radical (unpaired) electrons. The maximum absolute atomic E-state index is 12.8. The number of amides is 3. The number of carbonyl (C=O) groups excluding carboxylic acids is 2. The molecular weight excluding hydrogens is 336 g/mol. The Labute approximate surface area is 147 Å². The van der Waals surface area contributed by atoms with E-state index < -0.39 is 17.5 Å². The Bertz CT molecular complexity index is 1070. The van der Waals surface area contributed by atoms with Crippen molar-refractivity contribution in [3.8, 4) is 5.75 Å². The standard InChI is InChI=1S/C18H16N4O4/c1-26-12-7-8-14-13(9-12)15(23)22(21-14)10-18(11-5-3-2-4-6-11)16(24)19-17(25)20-18/h2-9,21H,10H2,1H3,(H2,19,20,24,25)/t18-/m0/s1. The Balaban J connectivity index is 1.84. The fourth-order valence-corrected chi connectivity index (χ4v) is 3.24. The Morgan fingerprint density at radius 3 is 2.50 bits per heavy atom. The quantitative estimate of drug-likeness (QED) is 0.611. The number of imide groups is 1. The molecule has 26 heavy (non-hydrogen) atoms. The Hall–Kier alpha value is -3.55. The van der Waals surface area contributed by atoms with Crippen LogP contribution in [0.3, 0.4) is 0 Å². The number of aromatic amines is 1. The number of H-pyrrole nitrogens is 1. The molecule has 8 heteroatoms. The van der Waals surface area contributed by atoms with Crippen LogP contribution in [-0.4, -0.2) is 28.8 Å². The van der Waals surface area contributed by atoms with Gasteiger partial charge in [0.1, 0.15) is 5.75 Å². The first kappa shape index (κ1) is 15.9. The van der Waals surface area contributed by atoms with Gasteiger partial charge in [-0.2, -0.15) is 0 Å². The normalized spacial score (nSPS) is 19.4. The molecule has 2 heterocycles. The number of hydrogen-bond acceptors (Lipinski definition) is 4. The minimum absolute atomic E-state index is 0.0651. The number of rotatable bonds is 4. The van der Waals surface area contributed by atoms with Crippen molar-refractivity contribution in [3.63, 3.8) is 0 Å². The van der Waals surface area contributed by atoms with Crippen molar-refractivity contribution >= 4 is 22.8 Å². The van der Waals surface area contributed by atoms with E-state index in [1.165, 1.54) is 11.8 Å². The molecule has 3 aromatic rings. The lowest BCUT2D eigenvalue weighted by Crippen LogP contribution is -2.49. The Morgan fingerprint density at radius 2 is 1.85 bits per heavy atom. The predicted molar refractivity (Wildman–Crippen MR) is 93.9 cm³/mol. The SMILES string of the molecule is COc1ccc2[nH]n(C[C@@]3(c4ccccc4)NC(=O)NC3=O)c(=O)c2c1. The summed E-state index contributed by atoms with van der Waals surface area (Å²) in [5.41, 5.74) is -0.467. The van der Waals surface area contributed by atoms with Crippen LogP contribution in [0.2, 0.25) is 0 Å². The largest absolute Gasteiger partial charge is 0.497 e. The maximum atomic E-state index is 12.8. The molecule has 1 aromatic heterocycles. The van der Waals surface area contributed by atoms with Gasteiger partial charge in [-0.3, -0.25) is 20.0 Å². The summed E-state index contributed by atoms with van der Waals surface area (Å²) in [4.78, 5) is 37.2. The summed E-state index contributed by atoms with van der Waals surface area (Å²) < 4.78 is 6.48. The number of aromatic nitrogens is 2. The highest BCUT2D eigenvalue weighted by Crippen LogP contribution is 2.27. The first-order valence-electron chi connectivity index (χ1n) is 7.99. The van der Waals surface area contributed by atoms with Gasteiger partial charge in [-0.05, 0) is 23.8 Å². The van der Waals surface area contributed by atoms with E-state index in [0.29, 0.717) is 22.2 Å². The number of carbonyl (C=O) groups is 2. The second-order valence-electron chi connectivity index (χ2n) is 6.09. The molecule has 132 valence electrons. The van der Waals surface area contributed by atoms with Gasteiger partial charge in [0, 0.05) is 0 Å². The van der Waals surface area contributed by atoms with Gasteiger partial charge in [0.2, 0.25) is 0 Å². The van der Waals surface area contributed by atoms with Gasteiger partial charge in [-0.25, -0.2) is 9.48 Å². The van der Waals surface area contributed by atoms with E-state index >= 15 is 0 Å². The van der Waals surface area contributed by atoms with Crippen LogP contribution >= 0.6 is 0 Å². The zero-order valence-corrected chi connectivity index (χ0v) is 13.9. The zero-order chi connectivity index (χ0) is 18.3. The summed E-state index contributed by atoms with van der Waals surface area (Å²) >= 11 is 0. The van der Waals surface area contributed by atoms with Gasteiger partial charge in [-0.1, -0.05) is 30.3 Å². The fraction of sp³-hybridized carbons (Fsp3) is 0.167. The smallest absolute Gasteiger partial charge is 0.322 e. The molecule has 1 aliphatic rings. The van der Waals surface area contributed by atoms with Crippen molar-refractivity contribution < 1.29 is 14.3 Å². The molecule has 3 N–H and O–H groups in total. The predicted octanol–water partition coefficient (Wildman–Crippen LogP) is 1.07. The minimum Gasteiger partial charge on any atom is -0.497 e. The van der Waals surface area contributed by atoms with Gasteiger partial charge < -0.3 is 10.1 Å². The monoisotopic (exact) mass is 352 g/mol. The lowest BCUT2D eigenvalue weighted by molar-refractivity contribution is -0.124. The molecule has 1 saturated heterocycles. The summed E-state index contributed by atoms with van der Waals surface area (Å²) in [7, 11) is 1.52. The van der Waals surface area contributed by atoms with Crippen LogP contribution in [-0.2, 0) is 16.9 Å². The molecule has 4 rings (SSSR count). The highest BCUT2D eigenvalue weighted by Gasteiger charge is 2.48. The van der Waals surface area contributed by atoms with E-state index in [1.54, 1.807) is 42.5 Å². The lowest BCUT2D eigenvalue weighted by atomic mass is 9.90. The van der Waals surface area contributed by atoms with Gasteiger partial charge in [-0.15, -0.1) is 0 Å². The van der Waals surface area contributed by atoms with Gasteiger partial charge in [0.15, 0.2) is 5.54 Å². The summed E-state index contributed by atoms with van der Waals surface area (Å²) in [6.07, 6.45) is 0. The van der Waals surface area contributed by atoms with Crippen molar-refractivity contribution in [2.75, 3.05) is 7.11 Å². The molecular formula is C18H16N4O4. The zero-order valence-electron chi connectivity index (χ0n) is 13.9. The molecule has 8 nitrogen and oxygen atoms in total. The van der Waals surface area contributed by atoms with Crippen molar-refractivity contribution in [1.29, 1.82) is 0 Å². The number of urea groups is 1. The second kappa shape index (κ2) is 5.76. The molecule has 0 bridgehead atoms. The van der Waals surface area contributed by atoms with Crippen LogP contribution in [0.1, 0.15) is 5.56 Å². The average Bonchev–Trinajstić information content (AvgIpc) is 3.12. The first-order chi connectivity index (χ1) is 12.5. The molecule has 3 amide bonds. The summed E-state index contributed by atoms with van der Waals surface area (Å²) in [5.74, 6) is 0.0577. The van der Waals surface area contributed by atoms with E-state index in [4.69, 9.17) is 4.74 Å². The van der Waals surface area contributed by atoms with Crippen molar-refractivity contribution in [3.05, 3.63) is 64.4 Å². The fourth-order valence-electron chi connectivity index (χ4n) is 3.24. The number of hydrogen-bond donors (Lipinski definition) is 3. The molecule has 2 aromatic carbocycles. The third kappa shape index (κ3) is 2.34. The molecule has 0 spiro atoms. The topological polar surface area (TPSA) is 105 Å².